The van der Waals surface area contributed by atoms with Crippen molar-refractivity contribution in [3.05, 3.63) is 53.6 Å². The zero-order valence-electron chi connectivity index (χ0n) is 23.2. The monoisotopic (exact) mass is 1040 g/mol. The number of carbonyl (C=O) groups is 3. The van der Waals surface area contributed by atoms with Crippen molar-refractivity contribution < 1.29 is 29.1 Å². The predicted molar refractivity (Wildman–Crippen MR) is 148 cm³/mol. The fourth-order valence-corrected chi connectivity index (χ4v) is 2.94. The average molecular weight is 1040 g/mol. The Hall–Kier alpha value is -6.25. The summed E-state index contributed by atoms with van der Waals surface area (Å²) in [6.07, 6.45) is 2.93. The molecule has 2 aromatic carbocycles. The van der Waals surface area contributed by atoms with Gasteiger partial charge in [0.25, 0.3) is 0 Å². The summed E-state index contributed by atoms with van der Waals surface area (Å²) in [6.45, 7) is 11.0. The van der Waals surface area contributed by atoms with Crippen LogP contribution in [0.15, 0.2) is 42.5 Å². The Morgan fingerprint density at radius 2 is 1.40 bits per heavy atom. The number of hydrogen-bond donors (Lipinski definition) is 6. The van der Waals surface area contributed by atoms with Crippen LogP contribution in [0, 0.1) is 5.92 Å². The van der Waals surface area contributed by atoms with Crippen molar-refractivity contribution in [2.24, 2.45) is 5.92 Å². The number of anilines is 3. The minimum Gasteiger partial charge on any atom is -0.503 e. The first kappa shape index (κ1) is 38.3. The Bertz CT molecular complexity index is 1050. The molecule has 6 N–H and O–H groups in total. The van der Waals surface area contributed by atoms with Gasteiger partial charge in [-0.3, -0.25) is 14.4 Å². The molecule has 2 rings (SSSR count). The second-order valence-corrected chi connectivity index (χ2v) is 7.53. The smallest absolute Gasteiger partial charge is 0.250 e. The molecule has 13 heteroatoms. The summed E-state index contributed by atoms with van der Waals surface area (Å²) in [7, 11) is 0. The van der Waals surface area contributed by atoms with Crippen LogP contribution in [0.2, 0.25) is 0 Å². The van der Waals surface area contributed by atoms with Crippen molar-refractivity contribution in [3.8, 4) is 0 Å². The molecule has 0 spiro atoms. The van der Waals surface area contributed by atoms with Crippen LogP contribution in [0.1, 0.15) is 57.5 Å². The molecular weight excluding hydrogens is 1000 g/mol. The Morgan fingerprint density at radius 3 is 1.90 bits per heavy atom. The Morgan fingerprint density at radius 1 is 0.850 bits per heavy atom. The summed E-state index contributed by atoms with van der Waals surface area (Å²) in [6, 6.07) is 9.73. The summed E-state index contributed by atoms with van der Waals surface area (Å²) >= 11 is 0. The number of nitrogens with one attached hydrogen (secondary N) is 5. The standard InChI is InChI=1S/C23H25N5O6.2C2H6.2Fm/c1-14(2)21(23(34)24-10-20(32)27-17-6-3-15(11-29)4-7-17)28-22(33)16-5-8-18(25-12-30)19(9-16)26-13-31;2*1-2;;/h3-9,14,21,29H,10-11H2,1-2H3,(H,24,34)(H,25,30)(H,26,31)(H,27,32)(H,28,33);2*1-2H3;;/q-2;;;;. The zero-order valence-corrected chi connectivity index (χ0v) is 28.0. The number of hydrogen-bond acceptors (Lipinski definition) is 6. The first-order chi connectivity index (χ1) is 18.3. The molecule has 1 unspecified atom stereocenters. The molecule has 0 heterocycles. The van der Waals surface area contributed by atoms with Crippen molar-refractivity contribution in [2.75, 3.05) is 22.5 Å². The molecule has 1 atom stereocenters. The molecule has 0 saturated heterocycles. The van der Waals surface area contributed by atoms with Gasteiger partial charge < -0.3 is 41.3 Å². The molecule has 232 valence electrons. The van der Waals surface area contributed by atoms with Gasteiger partial charge in [-0.2, -0.15) is 11.4 Å². The van der Waals surface area contributed by atoms with E-state index in [-0.39, 0.29) is 36.0 Å². The van der Waals surface area contributed by atoms with E-state index in [2.05, 4.69) is 26.6 Å². The van der Waals surface area contributed by atoms with E-state index >= 15 is 0 Å². The van der Waals surface area contributed by atoms with Crippen LogP contribution < -0.4 is 26.6 Å². The molecular formula is C27H37Fm2N5O6-2. The van der Waals surface area contributed by atoms with E-state index in [9.17, 15) is 24.0 Å². The number of carbonyl (C=O) groups excluding carboxylic acids is 5. The van der Waals surface area contributed by atoms with Crippen molar-refractivity contribution >= 4 is 47.6 Å². The Labute approximate surface area is 223 Å². The third-order valence-corrected chi connectivity index (χ3v) is 4.73. The maximum absolute atomic E-state index is 12.7. The van der Waals surface area contributed by atoms with E-state index in [1.165, 1.54) is 31.0 Å². The van der Waals surface area contributed by atoms with Crippen LogP contribution in [0.4, 0.5) is 17.1 Å². The third-order valence-electron chi connectivity index (χ3n) is 4.73. The van der Waals surface area contributed by atoms with Gasteiger partial charge in [0, 0.05) is 11.3 Å². The van der Waals surface area contributed by atoms with E-state index in [0.717, 1.165) is 0 Å². The summed E-state index contributed by atoms with van der Waals surface area (Å²) in [5.41, 5.74) is 1.66. The Kier molecular flexibility index (Phi) is 20.0. The average Bonchev–Trinajstić information content (AvgIpc) is 2.94. The van der Waals surface area contributed by atoms with Crippen LogP contribution in [0.5, 0.6) is 0 Å². The van der Waals surface area contributed by atoms with E-state index in [1.54, 1.807) is 38.1 Å². The van der Waals surface area contributed by atoms with Gasteiger partial charge in [-0.15, -0.1) is 12.1 Å². The second kappa shape index (κ2) is 20.9. The second-order valence-electron chi connectivity index (χ2n) is 7.53. The quantitative estimate of drug-likeness (QED) is 0.142. The maximum atomic E-state index is 12.7. The molecule has 0 aliphatic rings. The van der Waals surface area contributed by atoms with Gasteiger partial charge >= 0.3 is 0 Å². The minimum absolute atomic E-state index is 0. The first-order valence-electron chi connectivity index (χ1n) is 12.3. The zero-order chi connectivity index (χ0) is 29.1. The summed E-state index contributed by atoms with van der Waals surface area (Å²) < 4.78 is 0. The van der Waals surface area contributed by atoms with Crippen molar-refractivity contribution in [2.45, 2.75) is 54.2 Å². The fraction of sp³-hybridized carbons (Fsp3) is 0.370. The van der Waals surface area contributed by atoms with Crippen molar-refractivity contribution in [3.63, 3.8) is 0 Å². The summed E-state index contributed by atoms with van der Waals surface area (Å²) in [5, 5.41) is 21.3. The fourth-order valence-electron chi connectivity index (χ4n) is 2.94. The first-order valence-corrected chi connectivity index (χ1v) is 12.3. The SMILES string of the molecule is CC.CC.CC(C)C(NC(=O)c1ccc(N[C-]=O)c(N[C-]=O)c1)C(=O)NCC(=O)Nc1ccc(CO)cc1.[Fm].[Fm]. The van der Waals surface area contributed by atoms with Crippen LogP contribution in [-0.2, 0) is 25.8 Å². The van der Waals surface area contributed by atoms with Crippen molar-refractivity contribution in [1.82, 2.24) is 10.6 Å². The predicted octanol–water partition coefficient (Wildman–Crippen LogP) is 2.70. The third kappa shape index (κ3) is 12.1. The minimum atomic E-state index is -0.945. The van der Waals surface area contributed by atoms with E-state index < -0.39 is 23.8 Å². The van der Waals surface area contributed by atoms with Gasteiger partial charge in [0.2, 0.25) is 17.7 Å². The van der Waals surface area contributed by atoms with E-state index in [1.807, 2.05) is 27.7 Å². The Balaban J connectivity index is -0.00000218. The molecule has 0 fully saturated rings. The van der Waals surface area contributed by atoms with Crippen LogP contribution in [0.3, 0.4) is 0 Å². The molecule has 2 aromatic rings. The molecule has 0 aliphatic carbocycles. The number of benzene rings is 2. The van der Waals surface area contributed by atoms with Gasteiger partial charge in [0.15, 0.2) is 0 Å². The number of amides is 5. The summed E-state index contributed by atoms with van der Waals surface area (Å²) in [5.74, 6) is -1.92. The van der Waals surface area contributed by atoms with Gasteiger partial charge in [-0.05, 0) is 23.6 Å². The van der Waals surface area contributed by atoms with Crippen LogP contribution in [0.25, 0.3) is 0 Å². The molecule has 5 amide bonds. The van der Waals surface area contributed by atoms with Gasteiger partial charge in [-0.1, -0.05) is 59.7 Å². The molecule has 0 aliphatic heterocycles. The molecule has 0 bridgehead atoms. The number of aliphatic hydroxyl groups is 1. The molecule has 0 radical (unpaired) electrons. The number of aliphatic hydroxyl groups excluding tert-OH is 1. The van der Waals surface area contributed by atoms with Gasteiger partial charge in [-0.25, -0.2) is 0 Å². The molecule has 0 saturated carbocycles. The number of rotatable bonds is 12. The summed E-state index contributed by atoms with van der Waals surface area (Å²) in [4.78, 5) is 58.8. The maximum Gasteiger partial charge on any atom is 0.250 e. The largest absolute Gasteiger partial charge is 0.503 e. The normalized spacial score (nSPS) is 9.80. The molecule has 0 aromatic heterocycles. The van der Waals surface area contributed by atoms with Crippen LogP contribution in [-0.4, -0.2) is 48.2 Å². The molecule has 40 heavy (non-hydrogen) atoms. The van der Waals surface area contributed by atoms with Gasteiger partial charge in [0.1, 0.15) is 6.04 Å². The van der Waals surface area contributed by atoms with Gasteiger partial charge in [0.05, 0.1) is 26.0 Å². The van der Waals surface area contributed by atoms with Crippen LogP contribution >= 0.6 is 0 Å². The topological polar surface area (TPSA) is 166 Å². The van der Waals surface area contributed by atoms with Crippen molar-refractivity contribution in [1.29, 1.82) is 0 Å². The van der Waals surface area contributed by atoms with E-state index in [0.29, 0.717) is 11.3 Å². The molecule has 11 nitrogen and oxygen atoms in total. The van der Waals surface area contributed by atoms with E-state index in [4.69, 9.17) is 5.11 Å².